The van der Waals surface area contributed by atoms with Gasteiger partial charge in [-0.25, -0.2) is 0 Å². The number of amides is 1. The van der Waals surface area contributed by atoms with Gasteiger partial charge in [0, 0.05) is 63.4 Å². The Hall–Kier alpha value is -2.31. The standard InChI is InChI=1S/C17H21N5O/c18-12-16-11-15(3-6-20-16)17(23)22-9-7-21(8-10-22)13-14-1-4-19-5-2-14/h1-6,11H,7-10,12-13,18H2. The second-order valence-electron chi connectivity index (χ2n) is 5.66. The summed E-state index contributed by atoms with van der Waals surface area (Å²) in [6.07, 6.45) is 5.27. The summed E-state index contributed by atoms with van der Waals surface area (Å²) in [5, 5.41) is 0. The number of hydrogen-bond donors (Lipinski definition) is 1. The smallest absolute Gasteiger partial charge is 0.254 e. The van der Waals surface area contributed by atoms with E-state index in [1.807, 2.05) is 29.4 Å². The van der Waals surface area contributed by atoms with Crippen LogP contribution in [-0.2, 0) is 13.1 Å². The molecule has 1 fully saturated rings. The summed E-state index contributed by atoms with van der Waals surface area (Å²) < 4.78 is 0. The number of aromatic nitrogens is 2. The van der Waals surface area contributed by atoms with Gasteiger partial charge in [0.05, 0.1) is 5.69 Å². The lowest BCUT2D eigenvalue weighted by Gasteiger charge is -2.34. The van der Waals surface area contributed by atoms with Crippen LogP contribution in [-0.4, -0.2) is 51.9 Å². The maximum Gasteiger partial charge on any atom is 0.254 e. The third kappa shape index (κ3) is 3.91. The third-order valence-corrected chi connectivity index (χ3v) is 4.09. The number of carbonyl (C=O) groups excluding carboxylic acids is 1. The summed E-state index contributed by atoms with van der Waals surface area (Å²) in [4.78, 5) is 25.0. The predicted octanol–water partition coefficient (Wildman–Crippen LogP) is 0.893. The number of hydrogen-bond acceptors (Lipinski definition) is 5. The van der Waals surface area contributed by atoms with Gasteiger partial charge in [0.2, 0.25) is 0 Å². The minimum absolute atomic E-state index is 0.0608. The molecule has 3 heterocycles. The van der Waals surface area contributed by atoms with E-state index in [1.54, 1.807) is 18.3 Å². The number of nitrogens with two attached hydrogens (primary N) is 1. The van der Waals surface area contributed by atoms with Crippen LogP contribution in [0.5, 0.6) is 0 Å². The molecule has 0 radical (unpaired) electrons. The largest absolute Gasteiger partial charge is 0.336 e. The number of piperazine rings is 1. The molecule has 120 valence electrons. The maximum absolute atomic E-state index is 12.6. The molecule has 1 saturated heterocycles. The van der Waals surface area contributed by atoms with Crippen LogP contribution in [0.3, 0.4) is 0 Å². The van der Waals surface area contributed by atoms with Crippen molar-refractivity contribution in [1.29, 1.82) is 0 Å². The van der Waals surface area contributed by atoms with E-state index in [9.17, 15) is 4.79 Å². The lowest BCUT2D eigenvalue weighted by Crippen LogP contribution is -2.48. The van der Waals surface area contributed by atoms with Gasteiger partial charge in [0.25, 0.3) is 5.91 Å². The summed E-state index contributed by atoms with van der Waals surface area (Å²) in [5.74, 6) is 0.0608. The zero-order chi connectivity index (χ0) is 16.1. The average Bonchev–Trinajstić information content (AvgIpc) is 2.63. The zero-order valence-electron chi connectivity index (χ0n) is 13.1. The number of nitrogens with zero attached hydrogens (tertiary/aromatic N) is 4. The normalized spacial score (nSPS) is 15.6. The summed E-state index contributed by atoms with van der Waals surface area (Å²) in [6, 6.07) is 7.60. The van der Waals surface area contributed by atoms with E-state index in [4.69, 9.17) is 5.73 Å². The molecule has 2 aromatic rings. The summed E-state index contributed by atoms with van der Waals surface area (Å²) >= 11 is 0. The quantitative estimate of drug-likeness (QED) is 0.908. The summed E-state index contributed by atoms with van der Waals surface area (Å²) in [5.41, 5.74) is 8.25. The Morgan fingerprint density at radius 2 is 1.83 bits per heavy atom. The predicted molar refractivity (Wildman–Crippen MR) is 87.5 cm³/mol. The molecular formula is C17H21N5O. The van der Waals surface area contributed by atoms with Crippen LogP contribution in [0.2, 0.25) is 0 Å². The van der Waals surface area contributed by atoms with Crippen LogP contribution in [0.25, 0.3) is 0 Å². The Labute approximate surface area is 135 Å². The van der Waals surface area contributed by atoms with Gasteiger partial charge in [-0.1, -0.05) is 0 Å². The van der Waals surface area contributed by atoms with Crippen molar-refractivity contribution < 1.29 is 4.79 Å². The van der Waals surface area contributed by atoms with Crippen molar-refractivity contribution in [2.24, 2.45) is 5.73 Å². The molecule has 0 spiro atoms. The highest BCUT2D eigenvalue weighted by Gasteiger charge is 2.22. The zero-order valence-corrected chi connectivity index (χ0v) is 13.1. The fourth-order valence-corrected chi connectivity index (χ4v) is 2.76. The van der Waals surface area contributed by atoms with Crippen molar-refractivity contribution in [2.45, 2.75) is 13.1 Å². The van der Waals surface area contributed by atoms with Gasteiger partial charge in [-0.3, -0.25) is 19.7 Å². The summed E-state index contributed by atoms with van der Waals surface area (Å²) in [6.45, 7) is 4.48. The molecular weight excluding hydrogens is 290 g/mol. The highest BCUT2D eigenvalue weighted by molar-refractivity contribution is 5.94. The minimum atomic E-state index is 0.0608. The monoisotopic (exact) mass is 311 g/mol. The lowest BCUT2D eigenvalue weighted by atomic mass is 10.1. The Morgan fingerprint density at radius 1 is 1.09 bits per heavy atom. The Morgan fingerprint density at radius 3 is 2.52 bits per heavy atom. The van der Waals surface area contributed by atoms with Crippen molar-refractivity contribution in [3.63, 3.8) is 0 Å². The lowest BCUT2D eigenvalue weighted by molar-refractivity contribution is 0.0628. The number of rotatable bonds is 4. The van der Waals surface area contributed by atoms with Crippen LogP contribution < -0.4 is 5.73 Å². The van der Waals surface area contributed by atoms with Crippen LogP contribution >= 0.6 is 0 Å². The van der Waals surface area contributed by atoms with E-state index in [1.165, 1.54) is 5.56 Å². The molecule has 2 N–H and O–H groups in total. The Balaban J connectivity index is 1.57. The molecule has 0 aromatic carbocycles. The van der Waals surface area contributed by atoms with Crippen LogP contribution in [0.15, 0.2) is 42.9 Å². The van der Waals surface area contributed by atoms with E-state index in [-0.39, 0.29) is 5.91 Å². The third-order valence-electron chi connectivity index (χ3n) is 4.09. The average molecular weight is 311 g/mol. The van der Waals surface area contributed by atoms with E-state index >= 15 is 0 Å². The molecule has 1 aliphatic rings. The molecule has 2 aromatic heterocycles. The molecule has 0 saturated carbocycles. The van der Waals surface area contributed by atoms with Gasteiger partial charge >= 0.3 is 0 Å². The van der Waals surface area contributed by atoms with Gasteiger partial charge in [-0.2, -0.15) is 0 Å². The molecule has 0 bridgehead atoms. The Kier molecular flexibility index (Phi) is 4.95. The minimum Gasteiger partial charge on any atom is -0.336 e. The SMILES string of the molecule is NCc1cc(C(=O)N2CCN(Cc3ccncc3)CC2)ccn1. The first-order chi connectivity index (χ1) is 11.3. The first kappa shape index (κ1) is 15.6. The molecule has 23 heavy (non-hydrogen) atoms. The van der Waals surface area contributed by atoms with Crippen molar-refractivity contribution in [3.8, 4) is 0 Å². The maximum atomic E-state index is 12.6. The van der Waals surface area contributed by atoms with Crippen molar-refractivity contribution in [3.05, 3.63) is 59.7 Å². The number of pyridine rings is 2. The first-order valence-electron chi connectivity index (χ1n) is 7.82. The molecule has 6 nitrogen and oxygen atoms in total. The molecule has 1 amide bonds. The topological polar surface area (TPSA) is 75.4 Å². The molecule has 0 unspecified atom stereocenters. The molecule has 0 aliphatic carbocycles. The van der Waals surface area contributed by atoms with E-state index in [0.29, 0.717) is 12.1 Å². The second-order valence-corrected chi connectivity index (χ2v) is 5.66. The van der Waals surface area contributed by atoms with Gasteiger partial charge in [-0.05, 0) is 29.8 Å². The van der Waals surface area contributed by atoms with Gasteiger partial charge in [-0.15, -0.1) is 0 Å². The van der Waals surface area contributed by atoms with Crippen LogP contribution in [0.1, 0.15) is 21.6 Å². The van der Waals surface area contributed by atoms with E-state index in [0.717, 1.165) is 38.4 Å². The van der Waals surface area contributed by atoms with Gasteiger partial charge in [0.1, 0.15) is 0 Å². The van der Waals surface area contributed by atoms with Gasteiger partial charge in [0.15, 0.2) is 0 Å². The molecule has 0 atom stereocenters. The van der Waals surface area contributed by atoms with Crippen LogP contribution in [0, 0.1) is 0 Å². The Bertz CT molecular complexity index is 653. The highest BCUT2D eigenvalue weighted by Crippen LogP contribution is 2.11. The molecule has 1 aliphatic heterocycles. The van der Waals surface area contributed by atoms with E-state index < -0.39 is 0 Å². The summed E-state index contributed by atoms with van der Waals surface area (Å²) in [7, 11) is 0. The second kappa shape index (κ2) is 7.30. The highest BCUT2D eigenvalue weighted by atomic mass is 16.2. The van der Waals surface area contributed by atoms with Crippen LogP contribution in [0.4, 0.5) is 0 Å². The van der Waals surface area contributed by atoms with Gasteiger partial charge < -0.3 is 10.6 Å². The number of carbonyl (C=O) groups is 1. The van der Waals surface area contributed by atoms with Crippen molar-refractivity contribution in [2.75, 3.05) is 26.2 Å². The first-order valence-corrected chi connectivity index (χ1v) is 7.82. The fourth-order valence-electron chi connectivity index (χ4n) is 2.76. The van der Waals surface area contributed by atoms with Crippen molar-refractivity contribution >= 4 is 5.91 Å². The van der Waals surface area contributed by atoms with Crippen molar-refractivity contribution in [1.82, 2.24) is 19.8 Å². The fraction of sp³-hybridized carbons (Fsp3) is 0.353. The van der Waals surface area contributed by atoms with E-state index in [2.05, 4.69) is 14.9 Å². The molecule has 3 rings (SSSR count). The molecule has 6 heteroatoms.